The first-order valence-corrected chi connectivity index (χ1v) is 3.40. The fourth-order valence-corrected chi connectivity index (χ4v) is 0.741. The first kappa shape index (κ1) is 9.39. The van der Waals surface area contributed by atoms with Crippen LogP contribution in [0, 0.1) is 0 Å². The van der Waals surface area contributed by atoms with E-state index in [1.165, 1.54) is 0 Å². The van der Waals surface area contributed by atoms with Crippen LogP contribution in [0.5, 0.6) is 0 Å². The molecular weight excluding hydrogens is 130 g/mol. The molecule has 4 heteroatoms. The molecule has 0 saturated carbocycles. The normalized spacial score (nSPS) is 13.0. The van der Waals surface area contributed by atoms with Crippen molar-refractivity contribution in [3.05, 3.63) is 0 Å². The van der Waals surface area contributed by atoms with Crippen LogP contribution in [0.4, 0.5) is 0 Å². The van der Waals surface area contributed by atoms with E-state index in [0.29, 0.717) is 6.54 Å². The molecule has 0 saturated heterocycles. The molecule has 0 aromatic heterocycles. The molecule has 0 aliphatic carbocycles. The van der Waals surface area contributed by atoms with Gasteiger partial charge in [0.05, 0.1) is 0 Å². The molecule has 0 aromatic carbocycles. The molecule has 0 unspecified atom stereocenters. The van der Waals surface area contributed by atoms with Gasteiger partial charge in [0.1, 0.15) is 0 Å². The number of hydrogen-bond donors (Lipinski definition) is 3. The summed E-state index contributed by atoms with van der Waals surface area (Å²) >= 11 is 0. The molecule has 0 aliphatic heterocycles. The van der Waals surface area contributed by atoms with Crippen LogP contribution in [0.1, 0.15) is 19.3 Å². The Hall–Kier alpha value is -0.610. The van der Waals surface area contributed by atoms with E-state index < -0.39 is 0 Å². The van der Waals surface area contributed by atoms with Crippen molar-refractivity contribution in [3.8, 4) is 0 Å². The molecule has 0 bridgehead atoms. The summed E-state index contributed by atoms with van der Waals surface area (Å²) in [6.45, 7) is 0.618. The molecule has 0 rings (SSSR count). The number of carbonyl (C=O) groups excluding carboxylic acids is 1. The molecule has 0 heterocycles. The van der Waals surface area contributed by atoms with E-state index >= 15 is 0 Å². The standard InChI is InChI=1S/C6H15N3O/c7-3-1-2-5(8)4-6(9)10/h5H,1-4,7-8H2,(H2,9,10)/t5-/m0/s1. The van der Waals surface area contributed by atoms with Crippen molar-refractivity contribution in [2.24, 2.45) is 17.2 Å². The number of nitrogens with two attached hydrogens (primary N) is 3. The predicted octanol–water partition coefficient (Wildman–Crippen LogP) is -1.07. The van der Waals surface area contributed by atoms with Crippen molar-refractivity contribution >= 4 is 5.91 Å². The first-order valence-electron chi connectivity index (χ1n) is 3.40. The van der Waals surface area contributed by atoms with Gasteiger partial charge in [-0.2, -0.15) is 0 Å². The number of hydrogen-bond acceptors (Lipinski definition) is 3. The summed E-state index contributed by atoms with van der Waals surface area (Å²) in [6.07, 6.45) is 1.90. The Morgan fingerprint density at radius 1 is 1.50 bits per heavy atom. The Morgan fingerprint density at radius 3 is 2.50 bits per heavy atom. The molecule has 0 fully saturated rings. The second kappa shape index (κ2) is 5.20. The summed E-state index contributed by atoms with van der Waals surface area (Å²) < 4.78 is 0. The van der Waals surface area contributed by atoms with Gasteiger partial charge in [0.2, 0.25) is 5.91 Å². The Labute approximate surface area is 60.7 Å². The highest BCUT2D eigenvalue weighted by molar-refractivity contribution is 5.74. The summed E-state index contributed by atoms with van der Waals surface area (Å²) in [7, 11) is 0. The van der Waals surface area contributed by atoms with Crippen LogP contribution in [-0.4, -0.2) is 18.5 Å². The van der Waals surface area contributed by atoms with Crippen LogP contribution >= 0.6 is 0 Å². The maximum Gasteiger partial charge on any atom is 0.218 e. The van der Waals surface area contributed by atoms with Gasteiger partial charge in [-0.15, -0.1) is 0 Å². The summed E-state index contributed by atoms with van der Waals surface area (Å²) in [6, 6.07) is -0.110. The SMILES string of the molecule is NCCC[C@H](N)CC(N)=O. The van der Waals surface area contributed by atoms with Crippen LogP contribution < -0.4 is 17.2 Å². The van der Waals surface area contributed by atoms with Crippen LogP contribution in [0.25, 0.3) is 0 Å². The van der Waals surface area contributed by atoms with Gasteiger partial charge >= 0.3 is 0 Å². The Bertz CT molecular complexity index is 105. The average molecular weight is 145 g/mol. The van der Waals surface area contributed by atoms with Crippen molar-refractivity contribution in [1.82, 2.24) is 0 Å². The summed E-state index contributed by atoms with van der Waals surface area (Å²) in [5, 5.41) is 0. The highest BCUT2D eigenvalue weighted by atomic mass is 16.1. The van der Waals surface area contributed by atoms with E-state index in [-0.39, 0.29) is 18.4 Å². The summed E-state index contributed by atoms with van der Waals surface area (Å²) in [4.78, 5) is 10.3. The first-order chi connectivity index (χ1) is 4.66. The molecule has 0 spiro atoms. The monoisotopic (exact) mass is 145 g/mol. The van der Waals surface area contributed by atoms with E-state index in [1.807, 2.05) is 0 Å². The zero-order valence-corrected chi connectivity index (χ0v) is 6.05. The Kier molecular flexibility index (Phi) is 4.88. The maximum absolute atomic E-state index is 10.3. The molecule has 1 atom stereocenters. The van der Waals surface area contributed by atoms with Gasteiger partial charge in [0.15, 0.2) is 0 Å². The second-order valence-corrected chi connectivity index (χ2v) is 2.36. The van der Waals surface area contributed by atoms with Gasteiger partial charge in [-0.3, -0.25) is 4.79 Å². The average Bonchev–Trinajstić information content (AvgIpc) is 1.82. The zero-order valence-electron chi connectivity index (χ0n) is 6.05. The topological polar surface area (TPSA) is 95.1 Å². The van der Waals surface area contributed by atoms with Gasteiger partial charge in [-0.25, -0.2) is 0 Å². The molecule has 0 aliphatic rings. The molecule has 0 radical (unpaired) electrons. The maximum atomic E-state index is 10.3. The minimum atomic E-state index is -0.343. The number of carbonyl (C=O) groups is 1. The van der Waals surface area contributed by atoms with E-state index in [0.717, 1.165) is 12.8 Å². The molecule has 6 N–H and O–H groups in total. The smallest absolute Gasteiger partial charge is 0.218 e. The number of primary amides is 1. The summed E-state index contributed by atoms with van der Waals surface area (Å²) in [5.74, 6) is -0.343. The van der Waals surface area contributed by atoms with E-state index in [1.54, 1.807) is 0 Å². The van der Waals surface area contributed by atoms with Gasteiger partial charge in [0.25, 0.3) is 0 Å². The minimum absolute atomic E-state index is 0.110. The Balaban J connectivity index is 3.25. The lowest BCUT2D eigenvalue weighted by molar-refractivity contribution is -0.118. The molecule has 1 amide bonds. The highest BCUT2D eigenvalue weighted by Crippen LogP contribution is 1.96. The third-order valence-corrected chi connectivity index (χ3v) is 1.24. The molecular formula is C6H15N3O. The van der Waals surface area contributed by atoms with Gasteiger partial charge in [0, 0.05) is 12.5 Å². The van der Waals surface area contributed by atoms with Crippen molar-refractivity contribution in [2.75, 3.05) is 6.54 Å². The fraction of sp³-hybridized carbons (Fsp3) is 0.833. The summed E-state index contributed by atoms with van der Waals surface area (Å²) in [5.41, 5.74) is 15.7. The van der Waals surface area contributed by atoms with Crippen LogP contribution in [-0.2, 0) is 4.79 Å². The van der Waals surface area contributed by atoms with Crippen molar-refractivity contribution in [2.45, 2.75) is 25.3 Å². The largest absolute Gasteiger partial charge is 0.370 e. The third kappa shape index (κ3) is 5.53. The lowest BCUT2D eigenvalue weighted by Crippen LogP contribution is -2.27. The Morgan fingerprint density at radius 2 is 2.10 bits per heavy atom. The molecule has 10 heavy (non-hydrogen) atoms. The second-order valence-electron chi connectivity index (χ2n) is 2.36. The van der Waals surface area contributed by atoms with Gasteiger partial charge in [-0.1, -0.05) is 0 Å². The molecule has 0 aromatic rings. The fourth-order valence-electron chi connectivity index (χ4n) is 0.741. The van der Waals surface area contributed by atoms with Crippen molar-refractivity contribution in [1.29, 1.82) is 0 Å². The van der Waals surface area contributed by atoms with Crippen molar-refractivity contribution in [3.63, 3.8) is 0 Å². The van der Waals surface area contributed by atoms with E-state index in [2.05, 4.69) is 0 Å². The zero-order chi connectivity index (χ0) is 7.98. The van der Waals surface area contributed by atoms with Gasteiger partial charge < -0.3 is 17.2 Å². The number of amides is 1. The van der Waals surface area contributed by atoms with Gasteiger partial charge in [-0.05, 0) is 19.4 Å². The third-order valence-electron chi connectivity index (χ3n) is 1.24. The van der Waals surface area contributed by atoms with Crippen LogP contribution in [0.15, 0.2) is 0 Å². The van der Waals surface area contributed by atoms with Crippen molar-refractivity contribution < 1.29 is 4.79 Å². The highest BCUT2D eigenvalue weighted by Gasteiger charge is 2.04. The minimum Gasteiger partial charge on any atom is -0.370 e. The predicted molar refractivity (Wildman–Crippen MR) is 40.1 cm³/mol. The molecule has 4 nitrogen and oxygen atoms in total. The van der Waals surface area contributed by atoms with E-state index in [4.69, 9.17) is 17.2 Å². The van der Waals surface area contributed by atoms with Crippen LogP contribution in [0.3, 0.4) is 0 Å². The lowest BCUT2D eigenvalue weighted by Gasteiger charge is -2.06. The number of rotatable bonds is 5. The van der Waals surface area contributed by atoms with Crippen LogP contribution in [0.2, 0.25) is 0 Å². The lowest BCUT2D eigenvalue weighted by atomic mass is 10.1. The molecule has 60 valence electrons. The van der Waals surface area contributed by atoms with E-state index in [9.17, 15) is 4.79 Å². The quantitative estimate of drug-likeness (QED) is 0.459.